The lowest BCUT2D eigenvalue weighted by Crippen LogP contribution is -2.32. The zero-order valence-corrected chi connectivity index (χ0v) is 16.9. The second kappa shape index (κ2) is 8.92. The highest BCUT2D eigenvalue weighted by Crippen LogP contribution is 2.30. The van der Waals surface area contributed by atoms with Gasteiger partial charge in [0.15, 0.2) is 0 Å². The molecule has 0 bridgehead atoms. The van der Waals surface area contributed by atoms with Crippen molar-refractivity contribution in [2.45, 2.75) is 65.1 Å². The van der Waals surface area contributed by atoms with Gasteiger partial charge in [0.1, 0.15) is 5.75 Å². The highest BCUT2D eigenvalue weighted by Gasteiger charge is 2.32. The van der Waals surface area contributed by atoms with Gasteiger partial charge in [-0.25, -0.2) is 0 Å². The fourth-order valence-electron chi connectivity index (χ4n) is 3.58. The number of nitriles is 1. The van der Waals surface area contributed by atoms with Crippen molar-refractivity contribution < 1.29 is 9.53 Å². The van der Waals surface area contributed by atoms with E-state index in [-0.39, 0.29) is 5.91 Å². The van der Waals surface area contributed by atoms with E-state index in [0.717, 1.165) is 41.1 Å². The van der Waals surface area contributed by atoms with Gasteiger partial charge in [0.05, 0.1) is 31.8 Å². The van der Waals surface area contributed by atoms with Gasteiger partial charge in [-0.2, -0.15) is 10.4 Å². The predicted molar refractivity (Wildman–Crippen MR) is 107 cm³/mol. The molecule has 0 aliphatic heterocycles. The number of amides is 1. The zero-order chi connectivity index (χ0) is 20.1. The maximum absolute atomic E-state index is 13.0. The van der Waals surface area contributed by atoms with Gasteiger partial charge < -0.3 is 9.64 Å². The SMILES string of the molecule is COc1ccc(CN(C(=O)CCc2c(C)nn(CCC#N)c2C)C2CC2)cc1. The fraction of sp³-hybridized carbons (Fsp3) is 0.500. The van der Waals surface area contributed by atoms with Crippen molar-refractivity contribution in [3.63, 3.8) is 0 Å². The molecule has 1 aromatic carbocycles. The number of aryl methyl sites for hydroxylation is 2. The van der Waals surface area contributed by atoms with Gasteiger partial charge in [0.2, 0.25) is 5.91 Å². The lowest BCUT2D eigenvalue weighted by atomic mass is 10.1. The Labute approximate surface area is 166 Å². The van der Waals surface area contributed by atoms with Crippen LogP contribution in [0.15, 0.2) is 24.3 Å². The molecule has 2 aromatic rings. The first-order chi connectivity index (χ1) is 13.5. The molecule has 3 rings (SSSR count). The third-order valence-corrected chi connectivity index (χ3v) is 5.38. The van der Waals surface area contributed by atoms with E-state index >= 15 is 0 Å². The highest BCUT2D eigenvalue weighted by atomic mass is 16.5. The van der Waals surface area contributed by atoms with E-state index in [2.05, 4.69) is 11.2 Å². The molecule has 6 nitrogen and oxygen atoms in total. The van der Waals surface area contributed by atoms with Crippen LogP contribution in [0.1, 0.15) is 48.2 Å². The van der Waals surface area contributed by atoms with E-state index < -0.39 is 0 Å². The Hall–Kier alpha value is -2.81. The average Bonchev–Trinajstić information content (AvgIpc) is 3.50. The molecule has 0 N–H and O–H groups in total. The maximum atomic E-state index is 13.0. The first-order valence-electron chi connectivity index (χ1n) is 9.85. The number of aromatic nitrogens is 2. The summed E-state index contributed by atoms with van der Waals surface area (Å²) in [5, 5.41) is 13.3. The Morgan fingerprint density at radius 1 is 1.32 bits per heavy atom. The molecule has 0 spiro atoms. The van der Waals surface area contributed by atoms with E-state index in [4.69, 9.17) is 10.00 Å². The second-order valence-corrected chi connectivity index (χ2v) is 7.38. The summed E-state index contributed by atoms with van der Waals surface area (Å²) in [6, 6.07) is 10.4. The zero-order valence-electron chi connectivity index (χ0n) is 16.9. The van der Waals surface area contributed by atoms with Gasteiger partial charge in [-0.3, -0.25) is 9.48 Å². The van der Waals surface area contributed by atoms with Crippen LogP contribution >= 0.6 is 0 Å². The lowest BCUT2D eigenvalue weighted by molar-refractivity contribution is -0.132. The summed E-state index contributed by atoms with van der Waals surface area (Å²) >= 11 is 0. The number of methoxy groups -OCH3 is 1. The summed E-state index contributed by atoms with van der Waals surface area (Å²) in [5.41, 5.74) is 4.27. The molecule has 1 aliphatic rings. The van der Waals surface area contributed by atoms with Gasteiger partial charge in [-0.15, -0.1) is 0 Å². The predicted octanol–water partition coefficient (Wildman–Crippen LogP) is 3.55. The Balaban J connectivity index is 1.63. The number of ether oxygens (including phenoxy) is 1. The third kappa shape index (κ3) is 4.72. The van der Waals surface area contributed by atoms with Crippen LogP contribution in [0.5, 0.6) is 5.75 Å². The van der Waals surface area contributed by atoms with Crippen molar-refractivity contribution in [2.24, 2.45) is 0 Å². The van der Waals surface area contributed by atoms with Crippen LogP contribution < -0.4 is 4.74 Å². The highest BCUT2D eigenvalue weighted by molar-refractivity contribution is 5.77. The van der Waals surface area contributed by atoms with Gasteiger partial charge in [0.25, 0.3) is 0 Å². The molecule has 0 radical (unpaired) electrons. The van der Waals surface area contributed by atoms with Crippen molar-refractivity contribution in [3.8, 4) is 11.8 Å². The molecule has 0 unspecified atom stereocenters. The molecule has 1 aliphatic carbocycles. The smallest absolute Gasteiger partial charge is 0.223 e. The van der Waals surface area contributed by atoms with E-state index in [9.17, 15) is 4.79 Å². The molecular formula is C22H28N4O2. The van der Waals surface area contributed by atoms with Crippen molar-refractivity contribution in [1.82, 2.24) is 14.7 Å². The Morgan fingerprint density at radius 3 is 2.64 bits per heavy atom. The van der Waals surface area contributed by atoms with Crippen LogP contribution in [0.4, 0.5) is 0 Å². The van der Waals surface area contributed by atoms with Crippen LogP contribution in [-0.4, -0.2) is 33.7 Å². The van der Waals surface area contributed by atoms with Gasteiger partial charge >= 0.3 is 0 Å². The molecule has 148 valence electrons. The van der Waals surface area contributed by atoms with Gasteiger partial charge in [-0.1, -0.05) is 12.1 Å². The van der Waals surface area contributed by atoms with Crippen molar-refractivity contribution in [3.05, 3.63) is 46.8 Å². The standard InChI is InChI=1S/C22H28N4O2/c1-16-21(17(2)26(24-16)14-4-13-23)11-12-22(27)25(19-7-8-19)15-18-5-9-20(28-3)10-6-18/h5-6,9-10,19H,4,7-8,11-12,14-15H2,1-3H3. The van der Waals surface area contributed by atoms with Gasteiger partial charge in [0, 0.05) is 24.7 Å². The fourth-order valence-corrected chi connectivity index (χ4v) is 3.58. The van der Waals surface area contributed by atoms with Crippen LogP contribution in [0, 0.1) is 25.2 Å². The first-order valence-corrected chi connectivity index (χ1v) is 9.85. The van der Waals surface area contributed by atoms with Crippen molar-refractivity contribution >= 4 is 5.91 Å². The molecule has 1 saturated carbocycles. The maximum Gasteiger partial charge on any atom is 0.223 e. The van der Waals surface area contributed by atoms with E-state index in [1.165, 1.54) is 0 Å². The molecule has 0 atom stereocenters. The summed E-state index contributed by atoms with van der Waals surface area (Å²) < 4.78 is 7.09. The Kier molecular flexibility index (Phi) is 6.35. The van der Waals surface area contributed by atoms with Gasteiger partial charge in [-0.05, 0) is 56.4 Å². The summed E-state index contributed by atoms with van der Waals surface area (Å²) in [4.78, 5) is 15.0. The molecule has 28 heavy (non-hydrogen) atoms. The summed E-state index contributed by atoms with van der Waals surface area (Å²) in [6.45, 7) is 5.24. The molecule has 1 amide bonds. The molecule has 0 saturated heterocycles. The third-order valence-electron chi connectivity index (χ3n) is 5.38. The number of rotatable bonds is 9. The molecule has 1 aromatic heterocycles. The van der Waals surface area contributed by atoms with Crippen molar-refractivity contribution in [1.29, 1.82) is 5.26 Å². The Morgan fingerprint density at radius 2 is 2.04 bits per heavy atom. The number of carbonyl (C=O) groups excluding carboxylic acids is 1. The topological polar surface area (TPSA) is 71.2 Å². The largest absolute Gasteiger partial charge is 0.497 e. The summed E-state index contributed by atoms with van der Waals surface area (Å²) in [7, 11) is 1.65. The minimum atomic E-state index is 0.196. The van der Waals surface area contributed by atoms with Crippen LogP contribution in [0.3, 0.4) is 0 Å². The second-order valence-electron chi connectivity index (χ2n) is 7.38. The molecule has 6 heteroatoms. The first kappa shape index (κ1) is 19.9. The van der Waals surface area contributed by atoms with Crippen LogP contribution in [0.25, 0.3) is 0 Å². The average molecular weight is 380 g/mol. The number of benzene rings is 1. The molecule has 1 heterocycles. The Bertz CT molecular complexity index is 860. The number of nitrogens with zero attached hydrogens (tertiary/aromatic N) is 4. The summed E-state index contributed by atoms with van der Waals surface area (Å²) in [6.07, 6.45) is 3.79. The van der Waals surface area contributed by atoms with Crippen LogP contribution in [0.2, 0.25) is 0 Å². The molecule has 1 fully saturated rings. The van der Waals surface area contributed by atoms with E-state index in [0.29, 0.717) is 38.4 Å². The minimum Gasteiger partial charge on any atom is -0.497 e. The summed E-state index contributed by atoms with van der Waals surface area (Å²) in [5.74, 6) is 1.02. The quantitative estimate of drug-likeness (QED) is 0.667. The lowest BCUT2D eigenvalue weighted by Gasteiger charge is -2.23. The van der Waals surface area contributed by atoms with E-state index in [1.54, 1.807) is 7.11 Å². The number of hydrogen-bond donors (Lipinski definition) is 0. The van der Waals surface area contributed by atoms with E-state index in [1.807, 2.05) is 47.7 Å². The van der Waals surface area contributed by atoms with Crippen molar-refractivity contribution in [2.75, 3.05) is 7.11 Å². The minimum absolute atomic E-state index is 0.196. The molecular weight excluding hydrogens is 352 g/mol. The normalized spacial score (nSPS) is 13.2. The monoisotopic (exact) mass is 380 g/mol. The van der Waals surface area contributed by atoms with Crippen LogP contribution in [-0.2, 0) is 24.3 Å². The number of hydrogen-bond acceptors (Lipinski definition) is 4. The number of carbonyl (C=O) groups is 1.